The van der Waals surface area contributed by atoms with Crippen LogP contribution in [0.2, 0.25) is 0 Å². The van der Waals surface area contributed by atoms with E-state index >= 15 is 0 Å². The number of aromatic amines is 1. The second-order valence-electron chi connectivity index (χ2n) is 2.92. The molecule has 0 spiro atoms. The molecule has 0 bridgehead atoms. The van der Waals surface area contributed by atoms with Gasteiger partial charge in [0.05, 0.1) is 0 Å². The second kappa shape index (κ2) is 3.41. The van der Waals surface area contributed by atoms with Gasteiger partial charge in [0.15, 0.2) is 0 Å². The lowest BCUT2D eigenvalue weighted by Gasteiger charge is -2.01. The highest BCUT2D eigenvalue weighted by molar-refractivity contribution is 5.56. The van der Waals surface area contributed by atoms with Gasteiger partial charge in [0.25, 0.3) is 5.56 Å². The van der Waals surface area contributed by atoms with Crippen LogP contribution in [0, 0.1) is 6.92 Å². The van der Waals surface area contributed by atoms with Crippen molar-refractivity contribution in [2.45, 2.75) is 6.92 Å². The van der Waals surface area contributed by atoms with Gasteiger partial charge >= 0.3 is 0 Å². The molecule has 2 aromatic heterocycles. The molecule has 1 N–H and O–H groups in total. The van der Waals surface area contributed by atoms with Crippen LogP contribution in [0.5, 0.6) is 0 Å². The summed E-state index contributed by atoms with van der Waals surface area (Å²) in [5, 5.41) is 0. The highest BCUT2D eigenvalue weighted by atomic mass is 16.1. The maximum absolute atomic E-state index is 11.1. The minimum atomic E-state index is -0.154. The summed E-state index contributed by atoms with van der Waals surface area (Å²) < 4.78 is 0. The van der Waals surface area contributed by atoms with Gasteiger partial charge in [0.1, 0.15) is 5.82 Å². The van der Waals surface area contributed by atoms with Crippen molar-refractivity contribution in [2.75, 3.05) is 0 Å². The highest BCUT2D eigenvalue weighted by Crippen LogP contribution is 2.14. The van der Waals surface area contributed by atoms with Crippen LogP contribution >= 0.6 is 0 Å². The molecule has 0 amide bonds. The summed E-state index contributed by atoms with van der Waals surface area (Å²) in [4.78, 5) is 21.9. The molecule has 2 aromatic rings. The van der Waals surface area contributed by atoms with E-state index in [4.69, 9.17) is 0 Å². The molecular formula is C10H9N3O. The Morgan fingerprint density at radius 1 is 1.21 bits per heavy atom. The maximum atomic E-state index is 11.1. The Bertz CT molecular complexity index is 504. The quantitative estimate of drug-likeness (QED) is 0.728. The number of hydrogen-bond acceptors (Lipinski definition) is 3. The van der Waals surface area contributed by atoms with Gasteiger partial charge < -0.3 is 4.98 Å². The van der Waals surface area contributed by atoms with Gasteiger partial charge in [-0.15, -0.1) is 0 Å². The molecule has 0 radical (unpaired) electrons. The van der Waals surface area contributed by atoms with Crippen molar-refractivity contribution >= 4 is 0 Å². The Morgan fingerprint density at radius 2 is 2.07 bits per heavy atom. The van der Waals surface area contributed by atoms with E-state index in [1.54, 1.807) is 6.20 Å². The summed E-state index contributed by atoms with van der Waals surface area (Å²) in [6.45, 7) is 1.88. The van der Waals surface area contributed by atoms with Crippen molar-refractivity contribution in [3.8, 4) is 11.4 Å². The molecular weight excluding hydrogens is 178 g/mol. The molecule has 0 aromatic carbocycles. The average Bonchev–Trinajstić information content (AvgIpc) is 2.18. The average molecular weight is 187 g/mol. The van der Waals surface area contributed by atoms with Crippen LogP contribution in [0.15, 0.2) is 35.4 Å². The summed E-state index contributed by atoms with van der Waals surface area (Å²) >= 11 is 0. The first-order chi connectivity index (χ1) is 6.77. The number of nitrogens with zero attached hydrogens (tertiary/aromatic N) is 2. The number of nitrogens with one attached hydrogen (secondary N) is 1. The third kappa shape index (κ3) is 1.54. The van der Waals surface area contributed by atoms with Crippen molar-refractivity contribution in [3.05, 3.63) is 46.6 Å². The Balaban J connectivity index is 2.61. The molecule has 70 valence electrons. The van der Waals surface area contributed by atoms with Crippen LogP contribution in [0.3, 0.4) is 0 Å². The summed E-state index contributed by atoms with van der Waals surface area (Å²) in [5.41, 5.74) is 1.55. The van der Waals surface area contributed by atoms with Gasteiger partial charge in [0.2, 0.25) is 0 Å². The molecule has 0 fully saturated rings. The smallest absolute Gasteiger partial charge is 0.251 e. The molecule has 2 heterocycles. The minimum Gasteiger partial charge on any atom is -0.306 e. The molecule has 0 saturated heterocycles. The molecule has 0 saturated carbocycles. The molecule has 2 rings (SSSR count). The lowest BCUT2D eigenvalue weighted by molar-refractivity contribution is 1.10. The van der Waals surface area contributed by atoms with Gasteiger partial charge in [-0.1, -0.05) is 0 Å². The third-order valence-corrected chi connectivity index (χ3v) is 1.93. The van der Waals surface area contributed by atoms with Crippen LogP contribution in [0.25, 0.3) is 11.4 Å². The van der Waals surface area contributed by atoms with Gasteiger partial charge in [-0.25, -0.2) is 4.98 Å². The summed E-state index contributed by atoms with van der Waals surface area (Å²) in [6.07, 6.45) is 3.19. The number of H-pyrrole nitrogens is 1. The van der Waals surface area contributed by atoms with Crippen molar-refractivity contribution in [2.24, 2.45) is 0 Å². The topological polar surface area (TPSA) is 58.6 Å². The zero-order valence-corrected chi connectivity index (χ0v) is 7.69. The lowest BCUT2D eigenvalue weighted by Crippen LogP contribution is -2.06. The van der Waals surface area contributed by atoms with E-state index in [1.807, 2.05) is 19.1 Å². The Kier molecular flexibility index (Phi) is 2.10. The van der Waals surface area contributed by atoms with Gasteiger partial charge in [-0.2, -0.15) is 0 Å². The number of aromatic nitrogens is 3. The first-order valence-corrected chi connectivity index (χ1v) is 4.25. The fraction of sp³-hybridized carbons (Fsp3) is 0.100. The summed E-state index contributed by atoms with van der Waals surface area (Å²) in [5.74, 6) is 0.558. The van der Waals surface area contributed by atoms with Crippen molar-refractivity contribution < 1.29 is 0 Å². The molecule has 0 aliphatic rings. The van der Waals surface area contributed by atoms with Crippen molar-refractivity contribution in [1.29, 1.82) is 0 Å². The van der Waals surface area contributed by atoms with Crippen LogP contribution < -0.4 is 5.56 Å². The zero-order chi connectivity index (χ0) is 9.97. The molecule has 0 aliphatic carbocycles. The first kappa shape index (κ1) is 8.62. The van der Waals surface area contributed by atoms with Crippen LogP contribution in [-0.2, 0) is 0 Å². The number of pyridine rings is 1. The molecule has 14 heavy (non-hydrogen) atoms. The van der Waals surface area contributed by atoms with Crippen LogP contribution in [0.1, 0.15) is 5.69 Å². The summed E-state index contributed by atoms with van der Waals surface area (Å²) in [7, 11) is 0. The Hall–Kier alpha value is -1.97. The van der Waals surface area contributed by atoms with E-state index in [0.29, 0.717) is 5.82 Å². The van der Waals surface area contributed by atoms with E-state index < -0.39 is 0 Å². The van der Waals surface area contributed by atoms with Crippen LogP contribution in [0.4, 0.5) is 0 Å². The second-order valence-corrected chi connectivity index (χ2v) is 2.92. The maximum Gasteiger partial charge on any atom is 0.251 e. The highest BCUT2D eigenvalue weighted by Gasteiger charge is 2.02. The lowest BCUT2D eigenvalue weighted by atomic mass is 10.2. The predicted octanol–water partition coefficient (Wildman–Crippen LogP) is 1.14. The molecule has 4 heteroatoms. The van der Waals surface area contributed by atoms with Gasteiger partial charge in [0, 0.05) is 29.7 Å². The van der Waals surface area contributed by atoms with Crippen molar-refractivity contribution in [1.82, 2.24) is 15.0 Å². The normalized spacial score (nSPS) is 10.1. The Labute approximate surface area is 80.7 Å². The molecule has 4 nitrogen and oxygen atoms in total. The molecule has 0 atom stereocenters. The SMILES string of the molecule is Cc1ncccc1-c1nccc(=O)[nH]1. The monoisotopic (exact) mass is 187 g/mol. The van der Waals surface area contributed by atoms with Crippen LogP contribution in [-0.4, -0.2) is 15.0 Å². The largest absolute Gasteiger partial charge is 0.306 e. The number of hydrogen-bond donors (Lipinski definition) is 1. The Morgan fingerprint density at radius 3 is 2.79 bits per heavy atom. The standard InChI is InChI=1S/C10H9N3O/c1-7-8(3-2-5-11-7)10-12-6-4-9(14)13-10/h2-6H,1H3,(H,12,13,14). The van der Waals surface area contributed by atoms with E-state index in [2.05, 4.69) is 15.0 Å². The van der Waals surface area contributed by atoms with Crippen molar-refractivity contribution in [3.63, 3.8) is 0 Å². The van der Waals surface area contributed by atoms with E-state index in [-0.39, 0.29) is 5.56 Å². The fourth-order valence-electron chi connectivity index (χ4n) is 1.24. The van der Waals surface area contributed by atoms with E-state index in [1.165, 1.54) is 12.3 Å². The van der Waals surface area contributed by atoms with E-state index in [0.717, 1.165) is 11.3 Å². The van der Waals surface area contributed by atoms with E-state index in [9.17, 15) is 4.79 Å². The summed E-state index contributed by atoms with van der Waals surface area (Å²) in [6, 6.07) is 5.07. The predicted molar refractivity (Wildman–Crippen MR) is 52.8 cm³/mol. The third-order valence-electron chi connectivity index (χ3n) is 1.93. The molecule has 0 aliphatic heterocycles. The zero-order valence-electron chi connectivity index (χ0n) is 7.69. The van der Waals surface area contributed by atoms with Gasteiger partial charge in [-0.3, -0.25) is 9.78 Å². The number of rotatable bonds is 1. The minimum absolute atomic E-state index is 0.154. The fourth-order valence-corrected chi connectivity index (χ4v) is 1.24. The number of aryl methyl sites for hydroxylation is 1. The first-order valence-electron chi connectivity index (χ1n) is 4.25. The van der Waals surface area contributed by atoms with Gasteiger partial charge in [-0.05, 0) is 19.1 Å². The molecule has 0 unspecified atom stereocenters.